The molecule has 0 aliphatic carbocycles. The standard InChI is InChI=1S/C30H40N2O/c1-3-5-7-9-11-13-25-14-16-27(17-15-25)24-33-30-23-31-29(22-32-30)28-20-18-26(19-21-28)12-10-8-6-4-2/h14-23H,3-13,24H2,1-2H3. The van der Waals surface area contributed by atoms with Gasteiger partial charge in [0.25, 0.3) is 0 Å². The summed E-state index contributed by atoms with van der Waals surface area (Å²) in [5.74, 6) is 0.561. The van der Waals surface area contributed by atoms with E-state index < -0.39 is 0 Å². The van der Waals surface area contributed by atoms with Crippen LogP contribution >= 0.6 is 0 Å². The second-order valence-electron chi connectivity index (χ2n) is 9.02. The minimum Gasteiger partial charge on any atom is -0.472 e. The lowest BCUT2D eigenvalue weighted by atomic mass is 10.0. The maximum Gasteiger partial charge on any atom is 0.232 e. The minimum atomic E-state index is 0.511. The molecule has 3 nitrogen and oxygen atoms in total. The lowest BCUT2D eigenvalue weighted by molar-refractivity contribution is 0.292. The molecule has 0 amide bonds. The summed E-state index contributed by atoms with van der Waals surface area (Å²) in [5.41, 5.74) is 5.93. The Bertz CT molecular complexity index is 902. The van der Waals surface area contributed by atoms with Gasteiger partial charge in [-0.3, -0.25) is 0 Å². The number of rotatable bonds is 15. The quantitative estimate of drug-likeness (QED) is 0.221. The third kappa shape index (κ3) is 9.00. The predicted molar refractivity (Wildman–Crippen MR) is 139 cm³/mol. The molecule has 1 aromatic heterocycles. The molecule has 0 bridgehead atoms. The number of benzene rings is 2. The Morgan fingerprint density at radius 1 is 0.576 bits per heavy atom. The molecule has 33 heavy (non-hydrogen) atoms. The van der Waals surface area contributed by atoms with Crippen LogP contribution in [0.15, 0.2) is 60.9 Å². The number of aryl methyl sites for hydroxylation is 2. The van der Waals surface area contributed by atoms with E-state index in [2.05, 4.69) is 72.3 Å². The van der Waals surface area contributed by atoms with Crippen molar-refractivity contribution in [3.05, 3.63) is 77.6 Å². The highest BCUT2D eigenvalue weighted by Crippen LogP contribution is 2.20. The fourth-order valence-electron chi connectivity index (χ4n) is 4.03. The van der Waals surface area contributed by atoms with Crippen molar-refractivity contribution in [1.82, 2.24) is 9.97 Å². The SMILES string of the molecule is CCCCCCCc1ccc(COc2cnc(-c3ccc(CCCCCC)cc3)cn2)cc1. The summed E-state index contributed by atoms with van der Waals surface area (Å²) in [7, 11) is 0. The van der Waals surface area contributed by atoms with Crippen molar-refractivity contribution >= 4 is 0 Å². The zero-order chi connectivity index (χ0) is 23.1. The van der Waals surface area contributed by atoms with Gasteiger partial charge >= 0.3 is 0 Å². The Hall–Kier alpha value is -2.68. The summed E-state index contributed by atoms with van der Waals surface area (Å²) in [4.78, 5) is 9.02. The number of hydrogen-bond acceptors (Lipinski definition) is 3. The summed E-state index contributed by atoms with van der Waals surface area (Å²) in [6.45, 7) is 5.02. The van der Waals surface area contributed by atoms with Gasteiger partial charge in [-0.25, -0.2) is 9.97 Å². The highest BCUT2D eigenvalue weighted by molar-refractivity contribution is 5.58. The fraction of sp³-hybridized carbons (Fsp3) is 0.467. The molecule has 1 heterocycles. The van der Waals surface area contributed by atoms with E-state index in [0.29, 0.717) is 12.5 Å². The highest BCUT2D eigenvalue weighted by atomic mass is 16.5. The normalized spacial score (nSPS) is 11.0. The van der Waals surface area contributed by atoms with E-state index in [4.69, 9.17) is 4.74 Å². The Morgan fingerprint density at radius 2 is 1.12 bits per heavy atom. The largest absolute Gasteiger partial charge is 0.472 e. The van der Waals surface area contributed by atoms with E-state index in [1.807, 2.05) is 0 Å². The third-order valence-corrected chi connectivity index (χ3v) is 6.18. The first-order valence-electron chi connectivity index (χ1n) is 12.9. The molecule has 0 radical (unpaired) electrons. The first kappa shape index (κ1) is 25.0. The van der Waals surface area contributed by atoms with Gasteiger partial charge in [0.2, 0.25) is 5.88 Å². The first-order chi connectivity index (χ1) is 16.3. The second-order valence-corrected chi connectivity index (χ2v) is 9.02. The van der Waals surface area contributed by atoms with Crippen molar-refractivity contribution in [2.24, 2.45) is 0 Å². The number of nitrogens with zero attached hydrogens (tertiary/aromatic N) is 2. The van der Waals surface area contributed by atoms with E-state index in [1.54, 1.807) is 12.4 Å². The molecular formula is C30H40N2O. The van der Waals surface area contributed by atoms with Gasteiger partial charge < -0.3 is 4.74 Å². The molecule has 0 atom stereocenters. The molecule has 3 aromatic rings. The molecule has 0 aliphatic heterocycles. The second kappa shape index (κ2) is 14.5. The molecular weight excluding hydrogens is 404 g/mol. The van der Waals surface area contributed by atoms with Crippen molar-refractivity contribution in [1.29, 1.82) is 0 Å². The van der Waals surface area contributed by atoms with Crippen molar-refractivity contribution in [2.45, 2.75) is 91.1 Å². The zero-order valence-electron chi connectivity index (χ0n) is 20.6. The molecule has 0 aliphatic rings. The molecule has 176 valence electrons. The summed E-state index contributed by atoms with van der Waals surface area (Å²) >= 11 is 0. The van der Waals surface area contributed by atoms with Gasteiger partial charge in [-0.05, 0) is 42.4 Å². The molecule has 2 aromatic carbocycles. The maximum absolute atomic E-state index is 5.86. The number of ether oxygens (including phenoxy) is 1. The number of hydrogen-bond donors (Lipinski definition) is 0. The van der Waals surface area contributed by atoms with Gasteiger partial charge in [0.1, 0.15) is 6.61 Å². The van der Waals surface area contributed by atoms with E-state index >= 15 is 0 Å². The summed E-state index contributed by atoms with van der Waals surface area (Å²) < 4.78 is 5.86. The molecule has 0 N–H and O–H groups in total. The minimum absolute atomic E-state index is 0.511. The maximum atomic E-state index is 5.86. The van der Waals surface area contributed by atoms with Crippen LogP contribution in [0.4, 0.5) is 0 Å². The van der Waals surface area contributed by atoms with Crippen LogP contribution in [0.2, 0.25) is 0 Å². The highest BCUT2D eigenvalue weighted by Gasteiger charge is 2.04. The molecule has 0 fully saturated rings. The van der Waals surface area contributed by atoms with Gasteiger partial charge in [-0.1, -0.05) is 107 Å². The van der Waals surface area contributed by atoms with Crippen molar-refractivity contribution < 1.29 is 4.74 Å². The summed E-state index contributed by atoms with van der Waals surface area (Å²) in [5, 5.41) is 0. The average molecular weight is 445 g/mol. The Balaban J connectivity index is 1.43. The Kier molecular flexibility index (Phi) is 10.9. The van der Waals surface area contributed by atoms with Crippen LogP contribution in [0.1, 0.15) is 88.3 Å². The van der Waals surface area contributed by atoms with Crippen LogP contribution in [-0.4, -0.2) is 9.97 Å². The van der Waals surface area contributed by atoms with E-state index in [9.17, 15) is 0 Å². The van der Waals surface area contributed by atoms with Crippen LogP contribution in [0, 0.1) is 0 Å². The molecule has 0 spiro atoms. The van der Waals surface area contributed by atoms with Gasteiger partial charge in [-0.15, -0.1) is 0 Å². The van der Waals surface area contributed by atoms with Gasteiger partial charge in [0, 0.05) is 5.56 Å². The van der Waals surface area contributed by atoms with Crippen molar-refractivity contribution in [3.63, 3.8) is 0 Å². The fourth-order valence-corrected chi connectivity index (χ4v) is 4.03. The van der Waals surface area contributed by atoms with Gasteiger partial charge in [-0.2, -0.15) is 0 Å². The Morgan fingerprint density at radius 3 is 1.70 bits per heavy atom. The molecule has 0 saturated carbocycles. The molecule has 0 saturated heterocycles. The monoisotopic (exact) mass is 444 g/mol. The van der Waals surface area contributed by atoms with Crippen molar-refractivity contribution in [3.8, 4) is 17.1 Å². The van der Waals surface area contributed by atoms with E-state index in [1.165, 1.54) is 68.9 Å². The number of unbranched alkanes of at least 4 members (excludes halogenated alkanes) is 7. The molecule has 3 heteroatoms. The van der Waals surface area contributed by atoms with Gasteiger partial charge in [0.05, 0.1) is 18.1 Å². The van der Waals surface area contributed by atoms with Crippen LogP contribution in [0.5, 0.6) is 5.88 Å². The smallest absolute Gasteiger partial charge is 0.232 e. The van der Waals surface area contributed by atoms with E-state index in [-0.39, 0.29) is 0 Å². The van der Waals surface area contributed by atoms with Crippen LogP contribution in [0.3, 0.4) is 0 Å². The lowest BCUT2D eigenvalue weighted by Gasteiger charge is -2.08. The van der Waals surface area contributed by atoms with Gasteiger partial charge in [0.15, 0.2) is 0 Å². The van der Waals surface area contributed by atoms with E-state index in [0.717, 1.165) is 29.7 Å². The topological polar surface area (TPSA) is 35.0 Å². The zero-order valence-corrected chi connectivity index (χ0v) is 20.6. The van der Waals surface area contributed by atoms with Crippen LogP contribution < -0.4 is 4.74 Å². The first-order valence-corrected chi connectivity index (χ1v) is 12.9. The predicted octanol–water partition coefficient (Wildman–Crippen LogP) is 8.36. The third-order valence-electron chi connectivity index (χ3n) is 6.18. The number of aromatic nitrogens is 2. The summed E-state index contributed by atoms with van der Waals surface area (Å²) in [6.07, 6.45) is 17.6. The molecule has 3 rings (SSSR count). The lowest BCUT2D eigenvalue weighted by Crippen LogP contribution is -1.99. The van der Waals surface area contributed by atoms with Crippen LogP contribution in [-0.2, 0) is 19.4 Å². The van der Waals surface area contributed by atoms with Crippen LogP contribution in [0.25, 0.3) is 11.3 Å². The van der Waals surface area contributed by atoms with Crippen molar-refractivity contribution in [2.75, 3.05) is 0 Å². The molecule has 0 unspecified atom stereocenters. The summed E-state index contributed by atoms with van der Waals surface area (Å²) in [6, 6.07) is 17.5. The Labute approximate surface area is 200 Å². The average Bonchev–Trinajstić information content (AvgIpc) is 2.87.